The summed E-state index contributed by atoms with van der Waals surface area (Å²) in [5, 5.41) is 8.94. The highest BCUT2D eigenvalue weighted by atomic mass is 32.1. The first-order valence-electron chi connectivity index (χ1n) is 8.59. The van der Waals surface area contributed by atoms with Gasteiger partial charge in [-0.3, -0.25) is 13.8 Å². The van der Waals surface area contributed by atoms with E-state index < -0.39 is 0 Å². The van der Waals surface area contributed by atoms with Crippen LogP contribution >= 0.6 is 23.6 Å². The van der Waals surface area contributed by atoms with Gasteiger partial charge in [-0.15, -0.1) is 16.4 Å². The quantitative estimate of drug-likeness (QED) is 0.499. The highest BCUT2D eigenvalue weighted by molar-refractivity contribution is 7.71. The molecule has 0 atom stereocenters. The van der Waals surface area contributed by atoms with Gasteiger partial charge >= 0.3 is 0 Å². The van der Waals surface area contributed by atoms with E-state index in [1.54, 1.807) is 8.97 Å². The van der Waals surface area contributed by atoms with Gasteiger partial charge in [0.1, 0.15) is 4.70 Å². The van der Waals surface area contributed by atoms with Crippen molar-refractivity contribution in [3.05, 3.63) is 50.3 Å². The zero-order chi connectivity index (χ0) is 19.0. The molecule has 1 aromatic carbocycles. The lowest BCUT2D eigenvalue weighted by Gasteiger charge is -2.13. The average molecular weight is 403 g/mol. The van der Waals surface area contributed by atoms with E-state index in [-0.39, 0.29) is 5.56 Å². The van der Waals surface area contributed by atoms with Crippen LogP contribution in [0.5, 0.6) is 11.5 Å². The third-order valence-electron chi connectivity index (χ3n) is 4.17. The summed E-state index contributed by atoms with van der Waals surface area (Å²) in [6.45, 7) is 5.29. The second-order valence-electron chi connectivity index (χ2n) is 5.84. The summed E-state index contributed by atoms with van der Waals surface area (Å²) in [4.78, 5) is 13.0. The van der Waals surface area contributed by atoms with E-state index in [0.29, 0.717) is 46.5 Å². The Kier molecular flexibility index (Phi) is 4.71. The number of hydrogen-bond acceptors (Lipinski definition) is 6. The van der Waals surface area contributed by atoms with Crippen LogP contribution in [0.2, 0.25) is 0 Å². The largest absolute Gasteiger partial charge is 0.490 e. The van der Waals surface area contributed by atoms with E-state index in [4.69, 9.17) is 21.7 Å². The molecule has 0 spiro atoms. The summed E-state index contributed by atoms with van der Waals surface area (Å²) in [5.74, 6) is 1.84. The van der Waals surface area contributed by atoms with Crippen molar-refractivity contribution in [1.29, 1.82) is 0 Å². The predicted molar refractivity (Wildman–Crippen MR) is 108 cm³/mol. The summed E-state index contributed by atoms with van der Waals surface area (Å²) >= 11 is 6.75. The molecule has 0 radical (unpaired) electrons. The smallest absolute Gasteiger partial charge is 0.273 e. The standard InChI is InChI=1S/C18H18N4O3S2/c1-3-24-13-6-5-11(9-14(13)25-4-2)10-21-16(23)15-12(7-8-27-15)22-17(21)19-20-18(22)26/h5-9H,3-4,10H2,1-2H3,(H,20,26). The number of thiophene rings is 1. The van der Waals surface area contributed by atoms with Crippen molar-refractivity contribution in [3.63, 3.8) is 0 Å². The molecule has 0 amide bonds. The molecule has 1 N–H and O–H groups in total. The van der Waals surface area contributed by atoms with Crippen molar-refractivity contribution in [2.75, 3.05) is 13.2 Å². The van der Waals surface area contributed by atoms with Gasteiger partial charge in [0.05, 0.1) is 25.3 Å². The Morgan fingerprint density at radius 1 is 1.19 bits per heavy atom. The maximum absolute atomic E-state index is 13.0. The summed E-state index contributed by atoms with van der Waals surface area (Å²) in [6.07, 6.45) is 0. The topological polar surface area (TPSA) is 73.5 Å². The summed E-state index contributed by atoms with van der Waals surface area (Å²) in [7, 11) is 0. The predicted octanol–water partition coefficient (Wildman–Crippen LogP) is 3.61. The maximum Gasteiger partial charge on any atom is 0.273 e. The Labute approximate surface area is 163 Å². The van der Waals surface area contributed by atoms with E-state index in [1.807, 2.05) is 43.5 Å². The number of H-pyrrole nitrogens is 1. The molecule has 0 unspecified atom stereocenters. The normalized spacial score (nSPS) is 11.3. The molecule has 0 bridgehead atoms. The monoisotopic (exact) mass is 402 g/mol. The van der Waals surface area contributed by atoms with Gasteiger partial charge in [0.25, 0.3) is 5.56 Å². The van der Waals surface area contributed by atoms with Crippen LogP contribution in [0.4, 0.5) is 0 Å². The van der Waals surface area contributed by atoms with Crippen LogP contribution in [0.15, 0.2) is 34.4 Å². The Hall–Kier alpha value is -2.65. The number of rotatable bonds is 6. The molecule has 0 aliphatic carbocycles. The fraction of sp³-hybridized carbons (Fsp3) is 0.278. The third kappa shape index (κ3) is 3.02. The lowest BCUT2D eigenvalue weighted by Crippen LogP contribution is -2.23. The average Bonchev–Trinajstić information content (AvgIpc) is 3.28. The number of aromatic nitrogens is 4. The van der Waals surface area contributed by atoms with Crippen molar-refractivity contribution in [2.45, 2.75) is 20.4 Å². The number of nitrogens with one attached hydrogen (secondary N) is 1. The highest BCUT2D eigenvalue weighted by Crippen LogP contribution is 2.29. The molecule has 0 aliphatic rings. The number of hydrogen-bond donors (Lipinski definition) is 1. The third-order valence-corrected chi connectivity index (χ3v) is 5.33. The first kappa shape index (κ1) is 17.7. The Bertz CT molecular complexity index is 1240. The van der Waals surface area contributed by atoms with Crippen LogP contribution in [-0.4, -0.2) is 32.4 Å². The van der Waals surface area contributed by atoms with E-state index in [1.165, 1.54) is 11.3 Å². The minimum Gasteiger partial charge on any atom is -0.490 e. The van der Waals surface area contributed by atoms with Crippen LogP contribution in [0.25, 0.3) is 16.0 Å². The first-order chi connectivity index (χ1) is 13.1. The molecule has 7 nitrogen and oxygen atoms in total. The summed E-state index contributed by atoms with van der Waals surface area (Å²) in [5.41, 5.74) is 1.60. The number of aromatic amines is 1. The van der Waals surface area contributed by atoms with Gasteiger partial charge < -0.3 is 9.47 Å². The summed E-state index contributed by atoms with van der Waals surface area (Å²) < 4.78 is 15.8. The second kappa shape index (κ2) is 7.16. The van der Waals surface area contributed by atoms with Crippen molar-refractivity contribution in [3.8, 4) is 11.5 Å². The Morgan fingerprint density at radius 3 is 2.74 bits per heavy atom. The Balaban J connectivity index is 1.86. The highest BCUT2D eigenvalue weighted by Gasteiger charge is 2.15. The molecule has 9 heteroatoms. The van der Waals surface area contributed by atoms with Crippen LogP contribution in [0, 0.1) is 4.77 Å². The van der Waals surface area contributed by atoms with Gasteiger partial charge in [-0.25, -0.2) is 5.10 Å². The first-order valence-corrected chi connectivity index (χ1v) is 9.88. The van der Waals surface area contributed by atoms with Gasteiger partial charge in [0.15, 0.2) is 11.5 Å². The van der Waals surface area contributed by atoms with Gasteiger partial charge in [0.2, 0.25) is 10.5 Å². The van der Waals surface area contributed by atoms with E-state index in [0.717, 1.165) is 11.1 Å². The summed E-state index contributed by atoms with van der Waals surface area (Å²) in [6, 6.07) is 7.58. The van der Waals surface area contributed by atoms with Crippen molar-refractivity contribution in [1.82, 2.24) is 19.2 Å². The number of nitrogens with zero attached hydrogens (tertiary/aromatic N) is 3. The fourth-order valence-electron chi connectivity index (χ4n) is 3.06. The van der Waals surface area contributed by atoms with Crippen molar-refractivity contribution < 1.29 is 9.47 Å². The lowest BCUT2D eigenvalue weighted by atomic mass is 10.2. The van der Waals surface area contributed by atoms with E-state index in [9.17, 15) is 4.79 Å². The minimum absolute atomic E-state index is 0.0895. The molecule has 4 aromatic rings. The molecule has 0 saturated carbocycles. The molecule has 140 valence electrons. The van der Waals surface area contributed by atoms with Crippen LogP contribution in [0.3, 0.4) is 0 Å². The van der Waals surface area contributed by atoms with Crippen LogP contribution < -0.4 is 15.0 Å². The molecule has 3 heterocycles. The molecular formula is C18H18N4O3S2. The van der Waals surface area contributed by atoms with Gasteiger partial charge in [-0.1, -0.05) is 6.07 Å². The lowest BCUT2D eigenvalue weighted by molar-refractivity contribution is 0.287. The molecule has 27 heavy (non-hydrogen) atoms. The SMILES string of the molecule is CCOc1ccc(Cn2c(=O)c3sccc3n3c(=S)[nH]nc23)cc1OCC. The molecule has 3 aromatic heterocycles. The van der Waals surface area contributed by atoms with Crippen LogP contribution in [0.1, 0.15) is 19.4 Å². The number of fused-ring (bicyclic) bond motifs is 3. The molecular weight excluding hydrogens is 384 g/mol. The minimum atomic E-state index is -0.0895. The Morgan fingerprint density at radius 2 is 1.96 bits per heavy atom. The van der Waals surface area contributed by atoms with E-state index in [2.05, 4.69) is 10.2 Å². The number of benzene rings is 1. The van der Waals surface area contributed by atoms with Gasteiger partial charge in [-0.05, 0) is 55.2 Å². The zero-order valence-electron chi connectivity index (χ0n) is 14.9. The zero-order valence-corrected chi connectivity index (χ0v) is 16.5. The van der Waals surface area contributed by atoms with Crippen molar-refractivity contribution in [2.24, 2.45) is 0 Å². The molecule has 0 fully saturated rings. The van der Waals surface area contributed by atoms with E-state index >= 15 is 0 Å². The maximum atomic E-state index is 13.0. The van der Waals surface area contributed by atoms with Gasteiger partial charge in [0, 0.05) is 0 Å². The molecule has 0 aliphatic heterocycles. The fourth-order valence-corrected chi connectivity index (χ4v) is 4.11. The molecule has 0 saturated heterocycles. The molecule has 4 rings (SSSR count). The van der Waals surface area contributed by atoms with Gasteiger partial charge in [-0.2, -0.15) is 0 Å². The van der Waals surface area contributed by atoms with Crippen LogP contribution in [-0.2, 0) is 6.54 Å². The number of ether oxygens (including phenoxy) is 2. The van der Waals surface area contributed by atoms with Crippen molar-refractivity contribution >= 4 is 39.5 Å². The second-order valence-corrected chi connectivity index (χ2v) is 7.14.